The van der Waals surface area contributed by atoms with Crippen molar-refractivity contribution in [3.63, 3.8) is 0 Å². The van der Waals surface area contributed by atoms with Crippen molar-refractivity contribution in [2.75, 3.05) is 6.61 Å². The zero-order chi connectivity index (χ0) is 12.1. The largest absolute Gasteiger partial charge is 0.449 e. The second-order valence-electron chi connectivity index (χ2n) is 3.30. The van der Waals surface area contributed by atoms with E-state index in [9.17, 15) is 4.79 Å². The van der Waals surface area contributed by atoms with E-state index >= 15 is 0 Å². The van der Waals surface area contributed by atoms with E-state index in [0.717, 1.165) is 17.0 Å². The standard InChI is InChI=1S/C10H16N4O2/c1-5-16-10(15)12-11-6-9-7(2)13-14(4)8(9)3/h6H,5H2,1-4H3,(H,12,15)/b11-6-. The van der Waals surface area contributed by atoms with Gasteiger partial charge in [-0.1, -0.05) is 0 Å². The van der Waals surface area contributed by atoms with E-state index in [0.29, 0.717) is 6.61 Å². The van der Waals surface area contributed by atoms with Crippen LogP contribution in [0.5, 0.6) is 0 Å². The summed E-state index contributed by atoms with van der Waals surface area (Å²) in [7, 11) is 1.86. The van der Waals surface area contributed by atoms with Crippen molar-refractivity contribution in [2.45, 2.75) is 20.8 Å². The predicted octanol–water partition coefficient (Wildman–Crippen LogP) is 1.12. The highest BCUT2D eigenvalue weighted by molar-refractivity contribution is 5.83. The monoisotopic (exact) mass is 224 g/mol. The van der Waals surface area contributed by atoms with Crippen molar-refractivity contribution in [3.8, 4) is 0 Å². The third-order valence-electron chi connectivity index (χ3n) is 2.19. The van der Waals surface area contributed by atoms with Crippen LogP contribution in [0, 0.1) is 13.8 Å². The molecule has 0 saturated carbocycles. The molecule has 1 amide bonds. The van der Waals surface area contributed by atoms with Crippen LogP contribution in [0.1, 0.15) is 23.9 Å². The fourth-order valence-electron chi connectivity index (χ4n) is 1.29. The molecule has 0 spiro atoms. The summed E-state index contributed by atoms with van der Waals surface area (Å²) in [6, 6.07) is 0. The van der Waals surface area contributed by atoms with E-state index < -0.39 is 6.09 Å². The molecule has 0 aromatic carbocycles. The van der Waals surface area contributed by atoms with E-state index in [-0.39, 0.29) is 0 Å². The van der Waals surface area contributed by atoms with Gasteiger partial charge in [0.05, 0.1) is 18.5 Å². The molecule has 1 rings (SSSR count). The summed E-state index contributed by atoms with van der Waals surface area (Å²) in [6.45, 7) is 5.88. The molecular formula is C10H16N4O2. The summed E-state index contributed by atoms with van der Waals surface area (Å²) in [4.78, 5) is 10.9. The van der Waals surface area contributed by atoms with Gasteiger partial charge in [-0.3, -0.25) is 4.68 Å². The minimum Gasteiger partial charge on any atom is -0.449 e. The van der Waals surface area contributed by atoms with Gasteiger partial charge in [-0.2, -0.15) is 10.2 Å². The van der Waals surface area contributed by atoms with E-state index in [1.54, 1.807) is 17.8 Å². The topological polar surface area (TPSA) is 68.5 Å². The highest BCUT2D eigenvalue weighted by Gasteiger charge is 2.06. The molecule has 0 saturated heterocycles. The molecule has 0 bridgehead atoms. The Bertz CT molecular complexity index is 409. The van der Waals surface area contributed by atoms with Crippen LogP contribution in [-0.2, 0) is 11.8 Å². The Balaban J connectivity index is 2.66. The van der Waals surface area contributed by atoms with Gasteiger partial charge in [0, 0.05) is 18.3 Å². The zero-order valence-electron chi connectivity index (χ0n) is 9.94. The normalized spacial score (nSPS) is 10.8. The molecule has 0 radical (unpaired) electrons. The van der Waals surface area contributed by atoms with Gasteiger partial charge in [0.15, 0.2) is 0 Å². The van der Waals surface area contributed by atoms with Gasteiger partial charge in [0.2, 0.25) is 0 Å². The molecule has 1 aromatic heterocycles. The van der Waals surface area contributed by atoms with Gasteiger partial charge >= 0.3 is 6.09 Å². The molecule has 1 N–H and O–H groups in total. The number of nitrogens with zero attached hydrogens (tertiary/aromatic N) is 3. The molecule has 0 fully saturated rings. The van der Waals surface area contributed by atoms with Crippen LogP contribution in [0.25, 0.3) is 0 Å². The number of aryl methyl sites for hydroxylation is 2. The lowest BCUT2D eigenvalue weighted by Gasteiger charge is -1.98. The lowest BCUT2D eigenvalue weighted by atomic mass is 10.2. The van der Waals surface area contributed by atoms with Crippen molar-refractivity contribution in [2.24, 2.45) is 12.1 Å². The molecule has 6 heteroatoms. The Kier molecular flexibility index (Phi) is 4.04. The Labute approximate surface area is 94.3 Å². The van der Waals surface area contributed by atoms with Crippen molar-refractivity contribution in [3.05, 3.63) is 17.0 Å². The fourth-order valence-corrected chi connectivity index (χ4v) is 1.29. The molecular weight excluding hydrogens is 208 g/mol. The van der Waals surface area contributed by atoms with Crippen molar-refractivity contribution < 1.29 is 9.53 Å². The smallest absolute Gasteiger partial charge is 0.427 e. The average molecular weight is 224 g/mol. The number of carbonyl (C=O) groups excluding carboxylic acids is 1. The minimum absolute atomic E-state index is 0.326. The number of carbonyl (C=O) groups is 1. The van der Waals surface area contributed by atoms with Gasteiger partial charge in [-0.05, 0) is 20.8 Å². The molecule has 88 valence electrons. The first-order valence-electron chi connectivity index (χ1n) is 5.02. The SMILES string of the molecule is CCOC(=O)N/N=C\c1c(C)nn(C)c1C. The maximum absolute atomic E-state index is 10.9. The molecule has 1 heterocycles. The summed E-state index contributed by atoms with van der Waals surface area (Å²) < 4.78 is 6.43. The number of hydrogen-bond acceptors (Lipinski definition) is 4. The highest BCUT2D eigenvalue weighted by atomic mass is 16.5. The number of nitrogens with one attached hydrogen (secondary N) is 1. The lowest BCUT2D eigenvalue weighted by molar-refractivity contribution is 0.152. The molecule has 0 aliphatic heterocycles. The Hall–Kier alpha value is -1.85. The van der Waals surface area contributed by atoms with E-state index in [1.165, 1.54) is 0 Å². The fraction of sp³-hybridized carbons (Fsp3) is 0.500. The number of rotatable bonds is 3. The molecule has 0 aliphatic carbocycles. The zero-order valence-corrected chi connectivity index (χ0v) is 9.94. The van der Waals surface area contributed by atoms with Gasteiger partial charge in [0.25, 0.3) is 0 Å². The average Bonchev–Trinajstić information content (AvgIpc) is 2.45. The number of ether oxygens (including phenoxy) is 1. The molecule has 0 unspecified atom stereocenters. The molecule has 0 aliphatic rings. The predicted molar refractivity (Wildman–Crippen MR) is 60.4 cm³/mol. The van der Waals surface area contributed by atoms with Crippen LogP contribution in [0.2, 0.25) is 0 Å². The number of amides is 1. The second kappa shape index (κ2) is 5.29. The van der Waals surface area contributed by atoms with Crippen LogP contribution in [-0.4, -0.2) is 28.7 Å². The Morgan fingerprint density at radius 3 is 2.81 bits per heavy atom. The van der Waals surface area contributed by atoms with Crippen molar-refractivity contribution in [1.29, 1.82) is 0 Å². The number of aromatic nitrogens is 2. The maximum Gasteiger partial charge on any atom is 0.427 e. The number of hydrazone groups is 1. The number of hydrogen-bond donors (Lipinski definition) is 1. The third-order valence-corrected chi connectivity index (χ3v) is 2.19. The summed E-state index contributed by atoms with van der Waals surface area (Å²) in [6.07, 6.45) is 1.01. The molecule has 1 aromatic rings. The lowest BCUT2D eigenvalue weighted by Crippen LogP contribution is -2.18. The molecule has 16 heavy (non-hydrogen) atoms. The Morgan fingerprint density at radius 1 is 1.62 bits per heavy atom. The summed E-state index contributed by atoms with van der Waals surface area (Å²) in [5.41, 5.74) is 5.03. The van der Waals surface area contributed by atoms with E-state index in [1.807, 2.05) is 20.9 Å². The van der Waals surface area contributed by atoms with Crippen LogP contribution in [0.3, 0.4) is 0 Å². The summed E-state index contributed by atoms with van der Waals surface area (Å²) in [5, 5.41) is 8.02. The van der Waals surface area contributed by atoms with Crippen LogP contribution in [0.4, 0.5) is 4.79 Å². The summed E-state index contributed by atoms with van der Waals surface area (Å²) in [5.74, 6) is 0. The Morgan fingerprint density at radius 2 is 2.31 bits per heavy atom. The van der Waals surface area contributed by atoms with Crippen LogP contribution < -0.4 is 5.43 Å². The van der Waals surface area contributed by atoms with Crippen molar-refractivity contribution >= 4 is 12.3 Å². The van der Waals surface area contributed by atoms with Crippen LogP contribution >= 0.6 is 0 Å². The molecule has 6 nitrogen and oxygen atoms in total. The van der Waals surface area contributed by atoms with Crippen molar-refractivity contribution in [1.82, 2.24) is 15.2 Å². The van der Waals surface area contributed by atoms with Crippen LogP contribution in [0.15, 0.2) is 5.10 Å². The summed E-state index contributed by atoms with van der Waals surface area (Å²) >= 11 is 0. The van der Waals surface area contributed by atoms with E-state index in [4.69, 9.17) is 0 Å². The first kappa shape index (κ1) is 12.2. The van der Waals surface area contributed by atoms with Gasteiger partial charge < -0.3 is 4.74 Å². The maximum atomic E-state index is 10.9. The van der Waals surface area contributed by atoms with Gasteiger partial charge in [-0.25, -0.2) is 10.2 Å². The van der Waals surface area contributed by atoms with Gasteiger partial charge in [0.1, 0.15) is 0 Å². The first-order chi connectivity index (χ1) is 7.56. The quantitative estimate of drug-likeness (QED) is 0.618. The van der Waals surface area contributed by atoms with E-state index in [2.05, 4.69) is 20.4 Å². The third kappa shape index (κ3) is 2.82. The minimum atomic E-state index is -0.557. The first-order valence-corrected chi connectivity index (χ1v) is 5.02. The highest BCUT2D eigenvalue weighted by Crippen LogP contribution is 2.08. The van der Waals surface area contributed by atoms with Gasteiger partial charge in [-0.15, -0.1) is 0 Å². The molecule has 0 atom stereocenters. The second-order valence-corrected chi connectivity index (χ2v) is 3.30.